The molecule has 0 amide bonds. The Labute approximate surface area is 108 Å². The van der Waals surface area contributed by atoms with Crippen molar-refractivity contribution in [3.8, 4) is 0 Å². The molecule has 3 aromatic rings. The van der Waals surface area contributed by atoms with Crippen LogP contribution in [0.2, 0.25) is 5.15 Å². The fourth-order valence-electron chi connectivity index (χ4n) is 1.74. The van der Waals surface area contributed by atoms with Gasteiger partial charge in [-0.25, -0.2) is 14.6 Å². The standard InChI is InChI=1S/C12H10ClN5/c1-8-11(13)17-12-10(16-8)6-15-18(12)7-9-3-2-4-14-5-9/h2-6H,7H2,1H3. The van der Waals surface area contributed by atoms with Crippen LogP contribution in [0.25, 0.3) is 11.2 Å². The zero-order chi connectivity index (χ0) is 12.5. The van der Waals surface area contributed by atoms with E-state index in [1.54, 1.807) is 23.3 Å². The van der Waals surface area contributed by atoms with Crippen LogP contribution >= 0.6 is 11.6 Å². The lowest BCUT2D eigenvalue weighted by Gasteiger charge is -2.03. The summed E-state index contributed by atoms with van der Waals surface area (Å²) in [6.07, 6.45) is 5.24. The summed E-state index contributed by atoms with van der Waals surface area (Å²) in [5.74, 6) is 0. The van der Waals surface area contributed by atoms with Crippen LogP contribution in [0.4, 0.5) is 0 Å². The molecule has 0 radical (unpaired) electrons. The van der Waals surface area contributed by atoms with E-state index in [4.69, 9.17) is 11.6 Å². The summed E-state index contributed by atoms with van der Waals surface area (Å²) in [6.45, 7) is 2.43. The van der Waals surface area contributed by atoms with Gasteiger partial charge in [0, 0.05) is 12.4 Å². The fourth-order valence-corrected chi connectivity index (χ4v) is 1.87. The van der Waals surface area contributed by atoms with Crippen LogP contribution in [0.1, 0.15) is 11.3 Å². The van der Waals surface area contributed by atoms with Crippen molar-refractivity contribution in [3.63, 3.8) is 0 Å². The van der Waals surface area contributed by atoms with Crippen molar-refractivity contribution in [2.45, 2.75) is 13.5 Å². The van der Waals surface area contributed by atoms with Gasteiger partial charge in [0.15, 0.2) is 10.8 Å². The highest BCUT2D eigenvalue weighted by Crippen LogP contribution is 2.16. The molecule has 0 atom stereocenters. The molecule has 0 bridgehead atoms. The van der Waals surface area contributed by atoms with Crippen molar-refractivity contribution in [2.24, 2.45) is 0 Å². The minimum Gasteiger partial charge on any atom is -0.264 e. The predicted molar refractivity (Wildman–Crippen MR) is 68.4 cm³/mol. The van der Waals surface area contributed by atoms with Crippen LogP contribution in [-0.2, 0) is 6.54 Å². The highest BCUT2D eigenvalue weighted by Gasteiger charge is 2.09. The van der Waals surface area contributed by atoms with Crippen molar-refractivity contribution >= 4 is 22.8 Å². The number of hydrogen-bond acceptors (Lipinski definition) is 4. The van der Waals surface area contributed by atoms with Crippen molar-refractivity contribution in [1.82, 2.24) is 24.7 Å². The maximum Gasteiger partial charge on any atom is 0.178 e. The molecule has 0 aliphatic rings. The quantitative estimate of drug-likeness (QED) is 0.708. The Kier molecular flexibility index (Phi) is 2.68. The van der Waals surface area contributed by atoms with Gasteiger partial charge < -0.3 is 0 Å². The normalized spacial score (nSPS) is 11.0. The predicted octanol–water partition coefficient (Wildman–Crippen LogP) is 2.23. The molecule has 6 heteroatoms. The number of nitrogens with zero attached hydrogens (tertiary/aromatic N) is 5. The number of aromatic nitrogens is 5. The molecule has 90 valence electrons. The lowest BCUT2D eigenvalue weighted by Crippen LogP contribution is -2.03. The molecule has 5 nitrogen and oxygen atoms in total. The zero-order valence-corrected chi connectivity index (χ0v) is 10.5. The third-order valence-electron chi connectivity index (χ3n) is 2.64. The summed E-state index contributed by atoms with van der Waals surface area (Å²) in [6, 6.07) is 3.88. The third-order valence-corrected chi connectivity index (χ3v) is 3.00. The first-order chi connectivity index (χ1) is 8.74. The van der Waals surface area contributed by atoms with E-state index in [0.29, 0.717) is 23.0 Å². The monoisotopic (exact) mass is 259 g/mol. The smallest absolute Gasteiger partial charge is 0.178 e. The minimum atomic E-state index is 0.412. The lowest BCUT2D eigenvalue weighted by atomic mass is 10.3. The number of pyridine rings is 1. The molecule has 0 aliphatic carbocycles. The SMILES string of the molecule is Cc1nc2cnn(Cc3cccnc3)c2nc1Cl. The lowest BCUT2D eigenvalue weighted by molar-refractivity contribution is 0.702. The second-order valence-corrected chi connectivity index (χ2v) is 4.33. The van der Waals surface area contributed by atoms with Gasteiger partial charge in [-0.3, -0.25) is 4.98 Å². The molecule has 0 aromatic carbocycles. The molecule has 0 saturated heterocycles. The Hall–Kier alpha value is -2.01. The van der Waals surface area contributed by atoms with Crippen LogP contribution in [0.5, 0.6) is 0 Å². The van der Waals surface area contributed by atoms with Gasteiger partial charge >= 0.3 is 0 Å². The highest BCUT2D eigenvalue weighted by atomic mass is 35.5. The van der Waals surface area contributed by atoms with Crippen LogP contribution in [0.3, 0.4) is 0 Å². The number of aryl methyl sites for hydroxylation is 1. The Morgan fingerprint density at radius 2 is 2.17 bits per heavy atom. The van der Waals surface area contributed by atoms with E-state index >= 15 is 0 Å². The van der Waals surface area contributed by atoms with Gasteiger partial charge in [0.05, 0.1) is 18.4 Å². The molecule has 0 fully saturated rings. The fraction of sp³-hybridized carbons (Fsp3) is 0.167. The number of hydrogen-bond donors (Lipinski definition) is 0. The Bertz CT molecular complexity index is 692. The summed E-state index contributed by atoms with van der Waals surface area (Å²) in [5, 5.41) is 4.69. The molecule has 3 aromatic heterocycles. The Balaban J connectivity index is 2.05. The molecule has 3 rings (SSSR count). The van der Waals surface area contributed by atoms with Gasteiger partial charge in [0.2, 0.25) is 0 Å². The average molecular weight is 260 g/mol. The van der Waals surface area contributed by atoms with Gasteiger partial charge in [-0.1, -0.05) is 17.7 Å². The van der Waals surface area contributed by atoms with Gasteiger partial charge in [0.1, 0.15) is 5.52 Å². The molecular formula is C12H10ClN5. The first kappa shape index (κ1) is 11.1. The molecule has 3 heterocycles. The molecule has 18 heavy (non-hydrogen) atoms. The topological polar surface area (TPSA) is 56.5 Å². The second kappa shape index (κ2) is 4.34. The third kappa shape index (κ3) is 1.93. The maximum atomic E-state index is 5.99. The largest absolute Gasteiger partial charge is 0.264 e. The van der Waals surface area contributed by atoms with E-state index in [-0.39, 0.29) is 0 Å². The average Bonchev–Trinajstić information content (AvgIpc) is 2.74. The van der Waals surface area contributed by atoms with E-state index in [1.807, 2.05) is 19.1 Å². The Morgan fingerprint density at radius 1 is 1.28 bits per heavy atom. The van der Waals surface area contributed by atoms with Gasteiger partial charge in [-0.05, 0) is 18.6 Å². The second-order valence-electron chi connectivity index (χ2n) is 3.97. The summed E-state index contributed by atoms with van der Waals surface area (Å²) in [5.41, 5.74) is 3.21. The first-order valence-electron chi connectivity index (χ1n) is 5.48. The van der Waals surface area contributed by atoms with Crippen molar-refractivity contribution in [1.29, 1.82) is 0 Å². The summed E-state index contributed by atoms with van der Waals surface area (Å²) < 4.78 is 1.77. The molecular weight excluding hydrogens is 250 g/mol. The first-order valence-corrected chi connectivity index (χ1v) is 5.86. The van der Waals surface area contributed by atoms with E-state index in [1.165, 1.54) is 0 Å². The summed E-state index contributed by atoms with van der Waals surface area (Å²) in [4.78, 5) is 12.7. The summed E-state index contributed by atoms with van der Waals surface area (Å²) >= 11 is 5.99. The van der Waals surface area contributed by atoms with Crippen molar-refractivity contribution < 1.29 is 0 Å². The minimum absolute atomic E-state index is 0.412. The van der Waals surface area contributed by atoms with Crippen LogP contribution in [0.15, 0.2) is 30.7 Å². The van der Waals surface area contributed by atoms with E-state index in [9.17, 15) is 0 Å². The summed E-state index contributed by atoms with van der Waals surface area (Å²) in [7, 11) is 0. The number of halogens is 1. The van der Waals surface area contributed by atoms with Gasteiger partial charge in [-0.15, -0.1) is 0 Å². The molecule has 0 N–H and O–H groups in total. The van der Waals surface area contributed by atoms with Crippen molar-refractivity contribution in [3.05, 3.63) is 47.1 Å². The zero-order valence-electron chi connectivity index (χ0n) is 9.71. The van der Waals surface area contributed by atoms with Crippen LogP contribution in [-0.4, -0.2) is 24.7 Å². The van der Waals surface area contributed by atoms with Gasteiger partial charge in [-0.2, -0.15) is 5.10 Å². The van der Waals surface area contributed by atoms with E-state index < -0.39 is 0 Å². The van der Waals surface area contributed by atoms with Crippen LogP contribution < -0.4 is 0 Å². The number of fused-ring (bicyclic) bond motifs is 1. The molecule has 0 saturated carbocycles. The number of rotatable bonds is 2. The van der Waals surface area contributed by atoms with Crippen molar-refractivity contribution in [2.75, 3.05) is 0 Å². The van der Waals surface area contributed by atoms with E-state index in [0.717, 1.165) is 11.1 Å². The van der Waals surface area contributed by atoms with Gasteiger partial charge in [0.25, 0.3) is 0 Å². The highest BCUT2D eigenvalue weighted by molar-refractivity contribution is 6.30. The molecule has 0 unspecified atom stereocenters. The Morgan fingerprint density at radius 3 is 2.94 bits per heavy atom. The molecule has 0 spiro atoms. The maximum absolute atomic E-state index is 5.99. The van der Waals surface area contributed by atoms with Crippen LogP contribution in [0, 0.1) is 6.92 Å². The van der Waals surface area contributed by atoms with E-state index in [2.05, 4.69) is 20.1 Å². The molecule has 0 aliphatic heterocycles.